The number of benzene rings is 1. The maximum absolute atomic E-state index is 10.0. The number of hydrogen-bond donors (Lipinski definition) is 3. The Morgan fingerprint density at radius 3 is 2.87 bits per heavy atom. The molecular formula is C11H15NO3. The first-order valence-electron chi connectivity index (χ1n) is 5.07. The lowest BCUT2D eigenvalue weighted by atomic mass is 10.0. The standard InChI is InChI=1S/C11H15NO3/c13-9-4-2-1-3-8(9)11(14)10-7-12-5-6-15-10/h1-4,10-14H,5-7H2. The second-order valence-electron chi connectivity index (χ2n) is 3.62. The Labute approximate surface area is 88.5 Å². The van der Waals surface area contributed by atoms with Crippen LogP contribution >= 0.6 is 0 Å². The minimum Gasteiger partial charge on any atom is -0.508 e. The Balaban J connectivity index is 2.12. The van der Waals surface area contributed by atoms with E-state index in [9.17, 15) is 10.2 Å². The van der Waals surface area contributed by atoms with Crippen molar-refractivity contribution in [1.29, 1.82) is 0 Å². The van der Waals surface area contributed by atoms with Crippen LogP contribution in [0.2, 0.25) is 0 Å². The van der Waals surface area contributed by atoms with Gasteiger partial charge in [-0.2, -0.15) is 0 Å². The molecule has 4 heteroatoms. The summed E-state index contributed by atoms with van der Waals surface area (Å²) in [5, 5.41) is 22.7. The van der Waals surface area contributed by atoms with Crippen LogP contribution in [0.1, 0.15) is 11.7 Å². The van der Waals surface area contributed by atoms with Crippen molar-refractivity contribution in [2.75, 3.05) is 19.7 Å². The Morgan fingerprint density at radius 1 is 1.40 bits per heavy atom. The molecule has 1 heterocycles. The third kappa shape index (κ3) is 2.28. The fraction of sp³-hybridized carbons (Fsp3) is 0.455. The molecule has 1 aromatic carbocycles. The summed E-state index contributed by atoms with van der Waals surface area (Å²) >= 11 is 0. The molecule has 3 N–H and O–H groups in total. The summed E-state index contributed by atoms with van der Waals surface area (Å²) in [6.45, 7) is 2.01. The average molecular weight is 209 g/mol. The van der Waals surface area contributed by atoms with Crippen molar-refractivity contribution in [1.82, 2.24) is 5.32 Å². The number of phenolic OH excluding ortho intramolecular Hbond substituents is 1. The van der Waals surface area contributed by atoms with Gasteiger partial charge in [0.15, 0.2) is 0 Å². The van der Waals surface area contributed by atoms with Gasteiger partial charge >= 0.3 is 0 Å². The minimum absolute atomic E-state index is 0.110. The van der Waals surface area contributed by atoms with E-state index >= 15 is 0 Å². The summed E-state index contributed by atoms with van der Waals surface area (Å²) in [7, 11) is 0. The number of nitrogens with one attached hydrogen (secondary N) is 1. The zero-order valence-electron chi connectivity index (χ0n) is 8.39. The van der Waals surface area contributed by atoms with Crippen LogP contribution in [0.5, 0.6) is 5.75 Å². The van der Waals surface area contributed by atoms with Crippen molar-refractivity contribution < 1.29 is 14.9 Å². The van der Waals surface area contributed by atoms with Crippen molar-refractivity contribution >= 4 is 0 Å². The number of hydrogen-bond acceptors (Lipinski definition) is 4. The summed E-state index contributed by atoms with van der Waals surface area (Å²) in [6.07, 6.45) is -1.06. The molecule has 0 radical (unpaired) electrons. The number of morpholine rings is 1. The van der Waals surface area contributed by atoms with Crippen LogP contribution in [0.4, 0.5) is 0 Å². The lowest BCUT2D eigenvalue weighted by Gasteiger charge is -2.28. The molecule has 1 aromatic rings. The van der Waals surface area contributed by atoms with Crippen molar-refractivity contribution in [3.8, 4) is 5.75 Å². The Bertz CT molecular complexity index is 323. The summed E-state index contributed by atoms with van der Waals surface area (Å²) in [6, 6.07) is 6.78. The molecule has 0 aromatic heterocycles. The molecule has 1 saturated heterocycles. The van der Waals surface area contributed by atoms with Crippen LogP contribution in [-0.2, 0) is 4.74 Å². The molecule has 2 atom stereocenters. The molecule has 1 fully saturated rings. The number of para-hydroxylation sites is 1. The highest BCUT2D eigenvalue weighted by atomic mass is 16.5. The molecule has 1 aliphatic rings. The number of rotatable bonds is 2. The topological polar surface area (TPSA) is 61.7 Å². The average Bonchev–Trinajstić information content (AvgIpc) is 2.30. The maximum atomic E-state index is 10.0. The van der Waals surface area contributed by atoms with E-state index < -0.39 is 6.10 Å². The molecule has 0 aliphatic carbocycles. The molecule has 0 bridgehead atoms. The SMILES string of the molecule is Oc1ccccc1C(O)C1CNCCO1. The molecule has 2 unspecified atom stereocenters. The van der Waals surface area contributed by atoms with Gasteiger partial charge in [0.1, 0.15) is 18.0 Å². The van der Waals surface area contributed by atoms with Gasteiger partial charge in [-0.3, -0.25) is 0 Å². The van der Waals surface area contributed by atoms with Gasteiger partial charge in [0, 0.05) is 18.7 Å². The summed E-state index contributed by atoms with van der Waals surface area (Å²) in [5.41, 5.74) is 0.520. The van der Waals surface area contributed by atoms with Crippen molar-refractivity contribution in [3.05, 3.63) is 29.8 Å². The lowest BCUT2D eigenvalue weighted by molar-refractivity contribution is -0.0543. The van der Waals surface area contributed by atoms with E-state index in [4.69, 9.17) is 4.74 Å². The van der Waals surface area contributed by atoms with E-state index in [1.165, 1.54) is 0 Å². The number of aliphatic hydroxyl groups is 1. The van der Waals surface area contributed by atoms with Crippen LogP contribution in [0.15, 0.2) is 24.3 Å². The van der Waals surface area contributed by atoms with Crippen molar-refractivity contribution in [3.63, 3.8) is 0 Å². The highest BCUT2D eigenvalue weighted by Crippen LogP contribution is 2.27. The first-order valence-corrected chi connectivity index (χ1v) is 5.07. The number of phenols is 1. The quantitative estimate of drug-likeness (QED) is 0.660. The number of ether oxygens (including phenoxy) is 1. The van der Waals surface area contributed by atoms with Gasteiger partial charge < -0.3 is 20.3 Å². The van der Waals surface area contributed by atoms with Gasteiger partial charge in [-0.05, 0) is 6.07 Å². The first kappa shape index (κ1) is 10.4. The second kappa shape index (κ2) is 4.61. The third-order valence-electron chi connectivity index (χ3n) is 2.56. The normalized spacial score (nSPS) is 23.7. The molecule has 2 rings (SSSR count). The van der Waals surface area contributed by atoms with Gasteiger partial charge in [0.25, 0.3) is 0 Å². The van der Waals surface area contributed by atoms with Crippen LogP contribution in [0, 0.1) is 0 Å². The highest BCUT2D eigenvalue weighted by molar-refractivity contribution is 5.34. The van der Waals surface area contributed by atoms with Crippen LogP contribution < -0.4 is 5.32 Å². The van der Waals surface area contributed by atoms with E-state index in [1.807, 2.05) is 0 Å². The zero-order valence-corrected chi connectivity index (χ0v) is 8.39. The minimum atomic E-state index is -0.779. The fourth-order valence-corrected chi connectivity index (χ4v) is 1.73. The predicted octanol–water partition coefficient (Wildman–Crippen LogP) is 0.414. The van der Waals surface area contributed by atoms with Gasteiger partial charge in [-0.1, -0.05) is 18.2 Å². The molecule has 0 spiro atoms. The Morgan fingerprint density at radius 2 is 2.20 bits per heavy atom. The monoisotopic (exact) mass is 209 g/mol. The van der Waals surface area contributed by atoms with Gasteiger partial charge in [0.2, 0.25) is 0 Å². The molecule has 0 amide bonds. The van der Waals surface area contributed by atoms with Crippen molar-refractivity contribution in [2.24, 2.45) is 0 Å². The van der Waals surface area contributed by atoms with E-state index in [0.717, 1.165) is 6.54 Å². The zero-order chi connectivity index (χ0) is 10.7. The maximum Gasteiger partial charge on any atom is 0.121 e. The molecule has 1 aliphatic heterocycles. The molecule has 82 valence electrons. The smallest absolute Gasteiger partial charge is 0.121 e. The number of aliphatic hydroxyl groups excluding tert-OH is 1. The summed E-state index contributed by atoms with van der Waals surface area (Å²) < 4.78 is 5.43. The Kier molecular flexibility index (Phi) is 3.20. The van der Waals surface area contributed by atoms with E-state index in [1.54, 1.807) is 24.3 Å². The van der Waals surface area contributed by atoms with Gasteiger partial charge in [-0.15, -0.1) is 0 Å². The van der Waals surface area contributed by atoms with Gasteiger partial charge in [-0.25, -0.2) is 0 Å². The fourth-order valence-electron chi connectivity index (χ4n) is 1.73. The highest BCUT2D eigenvalue weighted by Gasteiger charge is 2.25. The van der Waals surface area contributed by atoms with Crippen LogP contribution in [0.25, 0.3) is 0 Å². The largest absolute Gasteiger partial charge is 0.508 e. The van der Waals surface area contributed by atoms with Crippen LogP contribution in [0.3, 0.4) is 0 Å². The van der Waals surface area contributed by atoms with Crippen LogP contribution in [-0.4, -0.2) is 36.0 Å². The van der Waals surface area contributed by atoms with E-state index in [0.29, 0.717) is 18.7 Å². The van der Waals surface area contributed by atoms with E-state index in [2.05, 4.69) is 5.32 Å². The number of aromatic hydroxyl groups is 1. The second-order valence-corrected chi connectivity index (χ2v) is 3.62. The van der Waals surface area contributed by atoms with Gasteiger partial charge in [0.05, 0.1) is 6.61 Å². The Hall–Kier alpha value is -1.10. The van der Waals surface area contributed by atoms with Crippen molar-refractivity contribution in [2.45, 2.75) is 12.2 Å². The first-order chi connectivity index (χ1) is 7.29. The van der Waals surface area contributed by atoms with E-state index in [-0.39, 0.29) is 11.9 Å². The molecular weight excluding hydrogens is 194 g/mol. The summed E-state index contributed by atoms with van der Waals surface area (Å²) in [5.74, 6) is 0.110. The lowest BCUT2D eigenvalue weighted by Crippen LogP contribution is -2.41. The summed E-state index contributed by atoms with van der Waals surface area (Å²) in [4.78, 5) is 0. The molecule has 0 saturated carbocycles. The molecule has 15 heavy (non-hydrogen) atoms. The third-order valence-corrected chi connectivity index (χ3v) is 2.56. The predicted molar refractivity (Wildman–Crippen MR) is 55.7 cm³/mol. The molecule has 4 nitrogen and oxygen atoms in total.